The third-order valence-corrected chi connectivity index (χ3v) is 5.62. The predicted octanol–water partition coefficient (Wildman–Crippen LogP) is 2.58. The lowest BCUT2D eigenvalue weighted by Crippen LogP contribution is -2.46. The largest absolute Gasteiger partial charge is 0.480 e. The number of carbonyl (C=O) groups excluding carboxylic acids is 1. The standard InChI is InChI=1S/C17H27NO4/c19-16(9-8-13-6-3-4-10-22-13)18-14-7-2-1-5-12(14)11-15(18)17(20)21/h12-15H,1-11H2,(H,20,21)/t12-,13+,14+,15-/m0/s1. The summed E-state index contributed by atoms with van der Waals surface area (Å²) in [6.45, 7) is 0.797. The van der Waals surface area contributed by atoms with Gasteiger partial charge in [-0.25, -0.2) is 4.79 Å². The molecule has 0 aromatic heterocycles. The van der Waals surface area contributed by atoms with Gasteiger partial charge < -0.3 is 14.7 Å². The van der Waals surface area contributed by atoms with Crippen LogP contribution in [-0.2, 0) is 14.3 Å². The zero-order valence-corrected chi connectivity index (χ0v) is 13.2. The summed E-state index contributed by atoms with van der Waals surface area (Å²) < 4.78 is 5.68. The number of hydrogen-bond acceptors (Lipinski definition) is 3. The topological polar surface area (TPSA) is 66.8 Å². The van der Waals surface area contributed by atoms with Gasteiger partial charge in [0.25, 0.3) is 0 Å². The average Bonchev–Trinajstić information content (AvgIpc) is 2.93. The van der Waals surface area contributed by atoms with Crippen molar-refractivity contribution < 1.29 is 19.4 Å². The summed E-state index contributed by atoms with van der Waals surface area (Å²) in [4.78, 5) is 25.9. The zero-order chi connectivity index (χ0) is 15.5. The van der Waals surface area contributed by atoms with Gasteiger partial charge in [0, 0.05) is 19.1 Å². The molecule has 5 nitrogen and oxygen atoms in total. The molecule has 22 heavy (non-hydrogen) atoms. The molecule has 0 spiro atoms. The zero-order valence-electron chi connectivity index (χ0n) is 13.2. The Morgan fingerprint density at radius 3 is 2.59 bits per heavy atom. The van der Waals surface area contributed by atoms with Crippen molar-refractivity contribution in [3.8, 4) is 0 Å². The quantitative estimate of drug-likeness (QED) is 0.867. The first-order chi connectivity index (χ1) is 10.7. The molecule has 2 heterocycles. The number of carbonyl (C=O) groups is 2. The molecule has 0 radical (unpaired) electrons. The molecule has 5 heteroatoms. The highest BCUT2D eigenvalue weighted by Crippen LogP contribution is 2.40. The molecule has 1 aliphatic carbocycles. The third kappa shape index (κ3) is 3.29. The fourth-order valence-electron chi connectivity index (χ4n) is 4.49. The van der Waals surface area contributed by atoms with Crippen LogP contribution in [0.3, 0.4) is 0 Å². The molecule has 2 aliphatic heterocycles. The minimum Gasteiger partial charge on any atom is -0.480 e. The Bertz CT molecular complexity index is 419. The number of hydrogen-bond donors (Lipinski definition) is 1. The monoisotopic (exact) mass is 309 g/mol. The number of aliphatic carboxylic acids is 1. The molecule has 0 unspecified atom stereocenters. The maximum Gasteiger partial charge on any atom is 0.326 e. The maximum atomic E-state index is 12.7. The van der Waals surface area contributed by atoms with Crippen LogP contribution in [0, 0.1) is 5.92 Å². The number of ether oxygens (including phenoxy) is 1. The molecule has 0 bridgehead atoms. The lowest BCUT2D eigenvalue weighted by Gasteiger charge is -2.33. The van der Waals surface area contributed by atoms with E-state index in [0.29, 0.717) is 18.8 Å². The van der Waals surface area contributed by atoms with Crippen LogP contribution >= 0.6 is 0 Å². The van der Waals surface area contributed by atoms with E-state index < -0.39 is 12.0 Å². The molecule has 2 saturated heterocycles. The van der Waals surface area contributed by atoms with Gasteiger partial charge in [0.2, 0.25) is 5.91 Å². The number of amides is 1. The molecular weight excluding hydrogens is 282 g/mol. The van der Waals surface area contributed by atoms with E-state index in [1.54, 1.807) is 4.90 Å². The number of carboxylic acid groups (broad SMARTS) is 1. The van der Waals surface area contributed by atoms with Gasteiger partial charge >= 0.3 is 5.97 Å². The van der Waals surface area contributed by atoms with E-state index in [4.69, 9.17) is 4.74 Å². The Kier molecular flexibility index (Phi) is 5.01. The summed E-state index contributed by atoms with van der Waals surface area (Å²) in [5.74, 6) is -0.419. The molecule has 1 amide bonds. The van der Waals surface area contributed by atoms with E-state index in [0.717, 1.165) is 45.1 Å². The van der Waals surface area contributed by atoms with Crippen molar-refractivity contribution in [1.82, 2.24) is 4.90 Å². The first-order valence-electron chi connectivity index (χ1n) is 8.82. The minimum absolute atomic E-state index is 0.0240. The van der Waals surface area contributed by atoms with Gasteiger partial charge in [-0.1, -0.05) is 12.8 Å². The van der Waals surface area contributed by atoms with Gasteiger partial charge in [-0.15, -0.1) is 0 Å². The second kappa shape index (κ2) is 6.99. The van der Waals surface area contributed by atoms with Crippen molar-refractivity contribution in [3.05, 3.63) is 0 Å². The summed E-state index contributed by atoms with van der Waals surface area (Å²) in [5.41, 5.74) is 0. The fraction of sp³-hybridized carbons (Fsp3) is 0.882. The first kappa shape index (κ1) is 15.8. The van der Waals surface area contributed by atoms with Crippen molar-refractivity contribution >= 4 is 11.9 Å². The molecule has 1 saturated carbocycles. The number of carboxylic acids is 1. The Hall–Kier alpha value is -1.10. The lowest BCUT2D eigenvalue weighted by molar-refractivity contribution is -0.150. The van der Waals surface area contributed by atoms with Crippen molar-refractivity contribution in [3.63, 3.8) is 0 Å². The molecule has 3 aliphatic rings. The molecule has 3 fully saturated rings. The predicted molar refractivity (Wildman–Crippen MR) is 81.5 cm³/mol. The fourth-order valence-corrected chi connectivity index (χ4v) is 4.49. The van der Waals surface area contributed by atoms with Crippen LogP contribution in [-0.4, -0.2) is 46.7 Å². The van der Waals surface area contributed by atoms with Gasteiger partial charge in [0.15, 0.2) is 0 Å². The summed E-state index contributed by atoms with van der Waals surface area (Å²) in [5, 5.41) is 9.48. The Morgan fingerprint density at radius 2 is 1.86 bits per heavy atom. The number of nitrogens with zero attached hydrogens (tertiary/aromatic N) is 1. The number of rotatable bonds is 4. The summed E-state index contributed by atoms with van der Waals surface area (Å²) >= 11 is 0. The highest BCUT2D eigenvalue weighted by Gasteiger charge is 2.47. The van der Waals surface area contributed by atoms with E-state index in [-0.39, 0.29) is 18.1 Å². The van der Waals surface area contributed by atoms with Gasteiger partial charge in [0.1, 0.15) is 6.04 Å². The van der Waals surface area contributed by atoms with Crippen molar-refractivity contribution in [2.45, 2.75) is 82.4 Å². The smallest absolute Gasteiger partial charge is 0.326 e. The van der Waals surface area contributed by atoms with Crippen molar-refractivity contribution in [2.75, 3.05) is 6.61 Å². The van der Waals surface area contributed by atoms with Crippen LogP contribution in [0.4, 0.5) is 0 Å². The molecule has 3 rings (SSSR count). The Morgan fingerprint density at radius 1 is 1.09 bits per heavy atom. The Labute approximate surface area is 132 Å². The molecule has 0 aromatic carbocycles. The maximum absolute atomic E-state index is 12.7. The van der Waals surface area contributed by atoms with E-state index in [2.05, 4.69) is 0 Å². The summed E-state index contributed by atoms with van der Waals surface area (Å²) in [6, 6.07) is -0.442. The van der Waals surface area contributed by atoms with E-state index in [1.165, 1.54) is 12.8 Å². The molecule has 0 aromatic rings. The number of likely N-dealkylation sites (tertiary alicyclic amines) is 1. The second-order valence-electron chi connectivity index (χ2n) is 7.03. The van der Waals surface area contributed by atoms with Crippen LogP contribution in [0.1, 0.15) is 64.2 Å². The van der Waals surface area contributed by atoms with Crippen LogP contribution in [0.25, 0.3) is 0 Å². The van der Waals surface area contributed by atoms with Gasteiger partial charge in [-0.05, 0) is 50.9 Å². The summed E-state index contributed by atoms with van der Waals surface area (Å²) in [6.07, 6.45) is 9.64. The third-order valence-electron chi connectivity index (χ3n) is 5.62. The van der Waals surface area contributed by atoms with Crippen LogP contribution in [0.5, 0.6) is 0 Å². The van der Waals surface area contributed by atoms with E-state index >= 15 is 0 Å². The normalized spacial score (nSPS) is 35.2. The van der Waals surface area contributed by atoms with Gasteiger partial charge in [-0.2, -0.15) is 0 Å². The van der Waals surface area contributed by atoms with Gasteiger partial charge in [-0.3, -0.25) is 4.79 Å². The summed E-state index contributed by atoms with van der Waals surface area (Å²) in [7, 11) is 0. The highest BCUT2D eigenvalue weighted by atomic mass is 16.5. The Balaban J connectivity index is 1.61. The molecule has 4 atom stereocenters. The lowest BCUT2D eigenvalue weighted by atomic mass is 9.84. The van der Waals surface area contributed by atoms with E-state index in [9.17, 15) is 14.7 Å². The SMILES string of the molecule is O=C(O)[C@@H]1C[C@@H]2CCCC[C@H]2N1C(=O)CC[C@H]1CCCCO1. The first-order valence-corrected chi connectivity index (χ1v) is 8.82. The van der Waals surface area contributed by atoms with Crippen molar-refractivity contribution in [1.29, 1.82) is 0 Å². The second-order valence-corrected chi connectivity index (χ2v) is 7.03. The number of fused-ring (bicyclic) bond motifs is 1. The molecular formula is C17H27NO4. The highest BCUT2D eigenvalue weighted by molar-refractivity contribution is 5.84. The van der Waals surface area contributed by atoms with Crippen LogP contribution in [0.2, 0.25) is 0 Å². The van der Waals surface area contributed by atoms with E-state index in [1.807, 2.05) is 0 Å². The van der Waals surface area contributed by atoms with Gasteiger partial charge in [0.05, 0.1) is 6.10 Å². The van der Waals surface area contributed by atoms with Crippen molar-refractivity contribution in [2.24, 2.45) is 5.92 Å². The van der Waals surface area contributed by atoms with Crippen LogP contribution < -0.4 is 0 Å². The average molecular weight is 309 g/mol. The molecule has 124 valence electrons. The minimum atomic E-state index is -0.836. The molecule has 1 N–H and O–H groups in total. The van der Waals surface area contributed by atoms with Crippen LogP contribution in [0.15, 0.2) is 0 Å².